The number of aromatic nitrogens is 3. The van der Waals surface area contributed by atoms with Crippen molar-refractivity contribution in [3.8, 4) is 11.5 Å². The minimum absolute atomic E-state index is 0.248. The maximum Gasteiger partial charge on any atom is 0.250 e. The van der Waals surface area contributed by atoms with Gasteiger partial charge in [0.15, 0.2) is 0 Å². The number of nitrogens with zero attached hydrogens (tertiary/aromatic N) is 3. The van der Waals surface area contributed by atoms with Crippen molar-refractivity contribution in [1.29, 1.82) is 0 Å². The van der Waals surface area contributed by atoms with Crippen molar-refractivity contribution in [3.63, 3.8) is 0 Å². The third kappa shape index (κ3) is 2.92. The van der Waals surface area contributed by atoms with E-state index in [0.29, 0.717) is 30.2 Å². The summed E-state index contributed by atoms with van der Waals surface area (Å²) < 4.78 is 33.5. The van der Waals surface area contributed by atoms with E-state index in [9.17, 15) is 8.42 Å². The highest BCUT2D eigenvalue weighted by molar-refractivity contribution is 7.89. The van der Waals surface area contributed by atoms with Crippen LogP contribution in [0.4, 0.5) is 0 Å². The van der Waals surface area contributed by atoms with Crippen LogP contribution in [0.3, 0.4) is 0 Å². The number of nitrogens with one attached hydrogen (secondary N) is 1. The lowest BCUT2D eigenvalue weighted by molar-refractivity contribution is 0.423. The van der Waals surface area contributed by atoms with Gasteiger partial charge in [0.1, 0.15) is 4.90 Å². The van der Waals surface area contributed by atoms with Crippen LogP contribution in [0.2, 0.25) is 0 Å². The second kappa shape index (κ2) is 6.09. The Bertz CT molecular complexity index is 799. The first kappa shape index (κ1) is 16.2. The summed E-state index contributed by atoms with van der Waals surface area (Å²) >= 11 is 0. The van der Waals surface area contributed by atoms with Crippen molar-refractivity contribution in [2.75, 3.05) is 13.1 Å². The zero-order valence-electron chi connectivity index (χ0n) is 13.7. The van der Waals surface area contributed by atoms with E-state index in [1.165, 1.54) is 0 Å². The van der Waals surface area contributed by atoms with E-state index in [4.69, 9.17) is 4.42 Å². The Kier molecular flexibility index (Phi) is 4.29. The van der Waals surface area contributed by atoms with E-state index in [0.717, 1.165) is 31.4 Å². The highest BCUT2D eigenvalue weighted by Gasteiger charge is 2.33. The molecule has 0 radical (unpaired) electrons. The molecule has 0 aromatic carbocycles. The minimum atomic E-state index is -3.59. The van der Waals surface area contributed by atoms with Gasteiger partial charge in [-0.25, -0.2) is 8.42 Å². The summed E-state index contributed by atoms with van der Waals surface area (Å²) in [7, 11) is -3.59. The lowest BCUT2D eigenvalue weighted by Gasteiger charge is -2.20. The molecule has 0 unspecified atom stereocenters. The molecule has 23 heavy (non-hydrogen) atoms. The Morgan fingerprint density at radius 1 is 1.00 bits per heavy atom. The highest BCUT2D eigenvalue weighted by atomic mass is 32.2. The number of rotatable bonds is 3. The largest absolute Gasteiger partial charge is 0.421 e. The molecule has 3 heterocycles. The van der Waals surface area contributed by atoms with Gasteiger partial charge in [0.2, 0.25) is 15.9 Å². The predicted molar refractivity (Wildman–Crippen MR) is 85.5 cm³/mol. The molecule has 1 aliphatic heterocycles. The first-order valence-corrected chi connectivity index (χ1v) is 9.35. The molecule has 7 nitrogen and oxygen atoms in total. The molecule has 8 heteroatoms. The molecule has 1 saturated heterocycles. The van der Waals surface area contributed by atoms with E-state index in [1.807, 2.05) is 6.92 Å². The monoisotopic (exact) mass is 338 g/mol. The first-order chi connectivity index (χ1) is 10.9. The van der Waals surface area contributed by atoms with E-state index < -0.39 is 10.0 Å². The zero-order chi connectivity index (χ0) is 16.6. The van der Waals surface area contributed by atoms with Gasteiger partial charge in [-0.05, 0) is 26.7 Å². The molecule has 1 fully saturated rings. The van der Waals surface area contributed by atoms with Gasteiger partial charge in [0.25, 0.3) is 5.89 Å². The summed E-state index contributed by atoms with van der Waals surface area (Å²) in [6, 6.07) is 0. The van der Waals surface area contributed by atoms with Gasteiger partial charge in [0.05, 0.1) is 5.56 Å². The van der Waals surface area contributed by atoms with Crippen molar-refractivity contribution in [1.82, 2.24) is 19.5 Å². The summed E-state index contributed by atoms with van der Waals surface area (Å²) in [4.78, 5) is 3.38. The maximum absolute atomic E-state index is 13.2. The van der Waals surface area contributed by atoms with Crippen LogP contribution >= 0.6 is 0 Å². The zero-order valence-corrected chi connectivity index (χ0v) is 14.5. The molecule has 1 N–H and O–H groups in total. The first-order valence-electron chi connectivity index (χ1n) is 7.91. The Balaban J connectivity index is 2.11. The minimum Gasteiger partial charge on any atom is -0.421 e. The molecular weight excluding hydrogens is 316 g/mol. The second-order valence-electron chi connectivity index (χ2n) is 6.02. The molecule has 0 saturated carbocycles. The van der Waals surface area contributed by atoms with Crippen molar-refractivity contribution < 1.29 is 12.8 Å². The van der Waals surface area contributed by atoms with E-state index in [2.05, 4.69) is 15.2 Å². The van der Waals surface area contributed by atoms with Gasteiger partial charge in [0, 0.05) is 31.4 Å². The van der Waals surface area contributed by atoms with Gasteiger partial charge in [-0.1, -0.05) is 12.8 Å². The fourth-order valence-electron chi connectivity index (χ4n) is 3.15. The van der Waals surface area contributed by atoms with Crippen molar-refractivity contribution in [3.05, 3.63) is 17.3 Å². The summed E-state index contributed by atoms with van der Waals surface area (Å²) in [6.45, 7) is 6.41. The topological polar surface area (TPSA) is 92.1 Å². The molecule has 3 rings (SSSR count). The summed E-state index contributed by atoms with van der Waals surface area (Å²) in [5.74, 6) is 0.661. The fourth-order valence-corrected chi connectivity index (χ4v) is 5.08. The molecule has 2 aromatic heterocycles. The molecule has 2 aromatic rings. The number of aromatic amines is 1. The average Bonchev–Trinajstić information content (AvgIpc) is 2.90. The lowest BCUT2D eigenvalue weighted by Crippen LogP contribution is -2.32. The summed E-state index contributed by atoms with van der Waals surface area (Å²) in [5, 5.41) is 7.83. The molecular formula is C15H22N4O3S. The fraction of sp³-hybridized carbons (Fsp3) is 0.600. The second-order valence-corrected chi connectivity index (χ2v) is 7.90. The van der Waals surface area contributed by atoms with Crippen molar-refractivity contribution >= 4 is 10.0 Å². The third-order valence-corrected chi connectivity index (χ3v) is 6.29. The standard InChI is InChI=1S/C15H22N4O3S/c1-10-13(15-18-17-12(3)22-15)14(11(2)16-10)23(20,21)19-8-6-4-5-7-9-19/h16H,4-9H2,1-3H3. The van der Waals surface area contributed by atoms with E-state index >= 15 is 0 Å². The van der Waals surface area contributed by atoms with E-state index in [-0.39, 0.29) is 10.8 Å². The molecule has 0 amide bonds. The summed E-state index contributed by atoms with van der Waals surface area (Å²) in [6.07, 6.45) is 3.95. The quantitative estimate of drug-likeness (QED) is 0.928. The molecule has 126 valence electrons. The number of H-pyrrole nitrogens is 1. The number of aryl methyl sites for hydroxylation is 3. The molecule has 0 bridgehead atoms. The van der Waals surface area contributed by atoms with E-state index in [1.54, 1.807) is 18.2 Å². The third-order valence-electron chi connectivity index (χ3n) is 4.22. The van der Waals surface area contributed by atoms with Crippen LogP contribution in [0, 0.1) is 20.8 Å². The van der Waals surface area contributed by atoms with Crippen LogP contribution < -0.4 is 0 Å². The van der Waals surface area contributed by atoms with Gasteiger partial charge in [-0.3, -0.25) is 0 Å². The molecule has 0 aliphatic carbocycles. The van der Waals surface area contributed by atoms with Crippen LogP contribution in [-0.4, -0.2) is 41.0 Å². The SMILES string of the molecule is Cc1nnc(-c2c(C)[nH]c(C)c2S(=O)(=O)N2CCCCCC2)o1. The Morgan fingerprint density at radius 3 is 2.22 bits per heavy atom. The van der Waals surface area contributed by atoms with Crippen molar-refractivity contribution in [2.24, 2.45) is 0 Å². The Morgan fingerprint density at radius 2 is 1.65 bits per heavy atom. The van der Waals surface area contributed by atoms with Crippen molar-refractivity contribution in [2.45, 2.75) is 51.3 Å². The van der Waals surface area contributed by atoms with Gasteiger partial charge < -0.3 is 9.40 Å². The number of hydrogen-bond donors (Lipinski definition) is 1. The van der Waals surface area contributed by atoms with Crippen LogP contribution in [0.25, 0.3) is 11.5 Å². The highest BCUT2D eigenvalue weighted by Crippen LogP contribution is 2.35. The smallest absolute Gasteiger partial charge is 0.250 e. The number of hydrogen-bond acceptors (Lipinski definition) is 5. The molecule has 0 spiro atoms. The normalized spacial score (nSPS) is 17.3. The van der Waals surface area contributed by atoms with Gasteiger partial charge >= 0.3 is 0 Å². The summed E-state index contributed by atoms with van der Waals surface area (Å²) in [5.41, 5.74) is 1.82. The Labute approximate surface area is 136 Å². The predicted octanol–water partition coefficient (Wildman–Crippen LogP) is 2.55. The van der Waals surface area contributed by atoms with Gasteiger partial charge in [-0.2, -0.15) is 4.31 Å². The number of sulfonamides is 1. The lowest BCUT2D eigenvalue weighted by atomic mass is 10.2. The molecule has 1 aliphatic rings. The van der Waals surface area contributed by atoms with Crippen LogP contribution in [-0.2, 0) is 10.0 Å². The average molecular weight is 338 g/mol. The van der Waals surface area contributed by atoms with Crippen LogP contribution in [0.5, 0.6) is 0 Å². The van der Waals surface area contributed by atoms with Gasteiger partial charge in [-0.15, -0.1) is 10.2 Å². The Hall–Kier alpha value is -1.67. The maximum atomic E-state index is 13.2. The van der Waals surface area contributed by atoms with Crippen LogP contribution in [0.15, 0.2) is 9.31 Å². The molecule has 0 atom stereocenters. The van der Waals surface area contributed by atoms with Crippen LogP contribution in [0.1, 0.15) is 43.0 Å².